The lowest BCUT2D eigenvalue weighted by Gasteiger charge is -2.53. The normalized spacial score (nSPS) is 30.1. The Morgan fingerprint density at radius 1 is 1.37 bits per heavy atom. The van der Waals surface area contributed by atoms with Crippen LogP contribution in [0.25, 0.3) is 0 Å². The van der Waals surface area contributed by atoms with Crippen molar-refractivity contribution in [3.63, 3.8) is 0 Å². The van der Waals surface area contributed by atoms with Gasteiger partial charge in [-0.05, 0) is 31.4 Å². The van der Waals surface area contributed by atoms with Crippen LogP contribution in [0, 0.1) is 5.41 Å². The van der Waals surface area contributed by atoms with Gasteiger partial charge in [0.05, 0.1) is 6.10 Å². The summed E-state index contributed by atoms with van der Waals surface area (Å²) in [4.78, 5) is 0. The van der Waals surface area contributed by atoms with Crippen LogP contribution in [0.4, 0.5) is 0 Å². The van der Waals surface area contributed by atoms with Crippen molar-refractivity contribution in [2.75, 3.05) is 6.61 Å². The van der Waals surface area contributed by atoms with Crippen molar-refractivity contribution in [1.82, 2.24) is 5.32 Å². The summed E-state index contributed by atoms with van der Waals surface area (Å²) < 4.78 is 5.82. The fourth-order valence-corrected chi connectivity index (χ4v) is 3.14. The van der Waals surface area contributed by atoms with Gasteiger partial charge in [-0.25, -0.2) is 0 Å². The van der Waals surface area contributed by atoms with Crippen LogP contribution in [-0.4, -0.2) is 18.8 Å². The zero-order valence-corrected chi connectivity index (χ0v) is 12.8. The molecule has 1 aromatic carbocycles. The van der Waals surface area contributed by atoms with Gasteiger partial charge < -0.3 is 10.1 Å². The van der Waals surface area contributed by atoms with E-state index in [1.807, 2.05) is 18.2 Å². The number of nitrogens with one attached hydrogen (secondary N) is 1. The molecule has 0 radical (unpaired) electrons. The summed E-state index contributed by atoms with van der Waals surface area (Å²) >= 11 is 6.19. The van der Waals surface area contributed by atoms with E-state index >= 15 is 0 Å². The van der Waals surface area contributed by atoms with Crippen LogP contribution in [0.1, 0.15) is 39.2 Å². The van der Waals surface area contributed by atoms with Crippen molar-refractivity contribution in [1.29, 1.82) is 0 Å². The summed E-state index contributed by atoms with van der Waals surface area (Å²) in [5.74, 6) is 0. The van der Waals surface area contributed by atoms with Gasteiger partial charge in [0.2, 0.25) is 0 Å². The monoisotopic (exact) mass is 281 g/mol. The van der Waals surface area contributed by atoms with Gasteiger partial charge >= 0.3 is 0 Å². The highest BCUT2D eigenvalue weighted by molar-refractivity contribution is 6.31. The van der Waals surface area contributed by atoms with Crippen LogP contribution in [0.5, 0.6) is 0 Å². The number of rotatable bonds is 6. The SMILES string of the molecule is CCOC1CC(NCc2ccccc2Cl)C1(C)CC. The molecule has 3 unspecified atom stereocenters. The van der Waals surface area contributed by atoms with Gasteiger partial charge in [-0.15, -0.1) is 0 Å². The molecule has 0 saturated heterocycles. The van der Waals surface area contributed by atoms with Crippen molar-refractivity contribution < 1.29 is 4.74 Å². The Bertz CT molecular complexity index is 423. The molecular formula is C16H24ClNO. The van der Waals surface area contributed by atoms with E-state index < -0.39 is 0 Å². The summed E-state index contributed by atoms with van der Waals surface area (Å²) in [5.41, 5.74) is 1.42. The van der Waals surface area contributed by atoms with Gasteiger partial charge in [-0.3, -0.25) is 0 Å². The largest absolute Gasteiger partial charge is 0.378 e. The molecular weight excluding hydrogens is 258 g/mol. The Morgan fingerprint density at radius 2 is 2.11 bits per heavy atom. The standard InChI is InChI=1S/C16H24ClNO/c1-4-16(3)14(10-15(16)19-5-2)18-11-12-8-6-7-9-13(12)17/h6-9,14-15,18H,4-5,10-11H2,1-3H3. The molecule has 0 heterocycles. The highest BCUT2D eigenvalue weighted by Gasteiger charge is 2.50. The maximum absolute atomic E-state index is 6.19. The Labute approximate surface area is 121 Å². The zero-order valence-electron chi connectivity index (χ0n) is 12.1. The summed E-state index contributed by atoms with van der Waals surface area (Å²) in [6.45, 7) is 8.27. The minimum atomic E-state index is 0.247. The lowest BCUT2D eigenvalue weighted by Crippen LogP contribution is -2.61. The second-order valence-corrected chi connectivity index (χ2v) is 5.97. The molecule has 1 N–H and O–H groups in total. The van der Waals surface area contributed by atoms with Crippen molar-refractivity contribution in [2.45, 2.75) is 52.3 Å². The van der Waals surface area contributed by atoms with Crippen molar-refractivity contribution >= 4 is 11.6 Å². The third-order valence-corrected chi connectivity index (χ3v) is 4.98. The van der Waals surface area contributed by atoms with E-state index in [9.17, 15) is 0 Å². The first-order valence-corrected chi connectivity index (χ1v) is 7.58. The maximum atomic E-state index is 6.19. The molecule has 0 spiro atoms. The van der Waals surface area contributed by atoms with E-state index in [2.05, 4.69) is 32.2 Å². The number of benzene rings is 1. The first-order chi connectivity index (χ1) is 9.11. The van der Waals surface area contributed by atoms with Crippen LogP contribution in [-0.2, 0) is 11.3 Å². The molecule has 3 atom stereocenters. The predicted octanol–water partition coefficient (Wildman–Crippen LogP) is 4.02. The van der Waals surface area contributed by atoms with Crippen molar-refractivity contribution in [3.8, 4) is 0 Å². The van der Waals surface area contributed by atoms with Gasteiger partial charge in [0.15, 0.2) is 0 Å². The summed E-state index contributed by atoms with van der Waals surface area (Å²) in [6, 6.07) is 8.55. The zero-order chi connectivity index (χ0) is 13.9. The van der Waals surface area contributed by atoms with E-state index in [4.69, 9.17) is 16.3 Å². The molecule has 2 rings (SSSR count). The van der Waals surface area contributed by atoms with E-state index in [1.165, 1.54) is 5.56 Å². The molecule has 1 aliphatic carbocycles. The lowest BCUT2D eigenvalue weighted by molar-refractivity contribution is -0.126. The van der Waals surface area contributed by atoms with Gasteiger partial charge in [-0.2, -0.15) is 0 Å². The highest BCUT2D eigenvalue weighted by Crippen LogP contribution is 2.46. The number of halogens is 1. The molecule has 0 bridgehead atoms. The Balaban J connectivity index is 1.92. The van der Waals surface area contributed by atoms with Gasteiger partial charge in [0, 0.05) is 29.6 Å². The first-order valence-electron chi connectivity index (χ1n) is 7.20. The molecule has 2 nitrogen and oxygen atoms in total. The molecule has 19 heavy (non-hydrogen) atoms. The molecule has 1 saturated carbocycles. The van der Waals surface area contributed by atoms with Crippen molar-refractivity contribution in [3.05, 3.63) is 34.9 Å². The Kier molecular flexibility index (Phi) is 4.88. The molecule has 3 heteroatoms. The summed E-state index contributed by atoms with van der Waals surface area (Å²) in [5, 5.41) is 4.48. The predicted molar refractivity (Wildman–Crippen MR) is 80.5 cm³/mol. The van der Waals surface area contributed by atoms with Gasteiger partial charge in [0.1, 0.15) is 0 Å². The van der Waals surface area contributed by atoms with Crippen LogP contribution in [0.3, 0.4) is 0 Å². The van der Waals surface area contributed by atoms with Gasteiger partial charge in [-0.1, -0.05) is 43.6 Å². The third-order valence-electron chi connectivity index (χ3n) is 4.61. The first kappa shape index (κ1) is 14.8. The fourth-order valence-electron chi connectivity index (χ4n) is 2.94. The van der Waals surface area contributed by atoms with E-state index in [0.29, 0.717) is 12.1 Å². The molecule has 106 valence electrons. The van der Waals surface area contributed by atoms with Crippen LogP contribution < -0.4 is 5.32 Å². The molecule has 1 fully saturated rings. The Hall–Kier alpha value is -0.570. The molecule has 1 aromatic rings. The van der Waals surface area contributed by atoms with E-state index in [-0.39, 0.29) is 5.41 Å². The van der Waals surface area contributed by atoms with Crippen LogP contribution in [0.15, 0.2) is 24.3 Å². The quantitative estimate of drug-likeness (QED) is 0.850. The molecule has 0 aliphatic heterocycles. The molecule has 0 amide bonds. The highest BCUT2D eigenvalue weighted by atomic mass is 35.5. The van der Waals surface area contributed by atoms with E-state index in [0.717, 1.165) is 31.0 Å². The topological polar surface area (TPSA) is 21.3 Å². The maximum Gasteiger partial charge on any atom is 0.0658 e. The molecule has 1 aliphatic rings. The summed E-state index contributed by atoms with van der Waals surface area (Å²) in [6.07, 6.45) is 2.63. The average Bonchev–Trinajstić information content (AvgIpc) is 2.42. The second-order valence-electron chi connectivity index (χ2n) is 5.56. The van der Waals surface area contributed by atoms with Crippen molar-refractivity contribution in [2.24, 2.45) is 5.41 Å². The lowest BCUT2D eigenvalue weighted by atomic mass is 9.61. The van der Waals surface area contributed by atoms with Crippen LogP contribution in [0.2, 0.25) is 5.02 Å². The third kappa shape index (κ3) is 2.96. The smallest absolute Gasteiger partial charge is 0.0658 e. The van der Waals surface area contributed by atoms with E-state index in [1.54, 1.807) is 0 Å². The number of hydrogen-bond acceptors (Lipinski definition) is 2. The second kappa shape index (κ2) is 6.25. The van der Waals surface area contributed by atoms with Crippen LogP contribution >= 0.6 is 11.6 Å². The minimum absolute atomic E-state index is 0.247. The van der Waals surface area contributed by atoms with Gasteiger partial charge in [0.25, 0.3) is 0 Å². The fraction of sp³-hybridized carbons (Fsp3) is 0.625. The number of ether oxygens (including phenoxy) is 1. The summed E-state index contributed by atoms with van der Waals surface area (Å²) in [7, 11) is 0. The Morgan fingerprint density at radius 3 is 2.74 bits per heavy atom. The number of hydrogen-bond donors (Lipinski definition) is 1. The average molecular weight is 282 g/mol. The minimum Gasteiger partial charge on any atom is -0.378 e. The molecule has 0 aromatic heterocycles.